The van der Waals surface area contributed by atoms with Crippen LogP contribution in [0.5, 0.6) is 0 Å². The van der Waals surface area contributed by atoms with E-state index >= 15 is 0 Å². The van der Waals surface area contributed by atoms with E-state index < -0.39 is 0 Å². The summed E-state index contributed by atoms with van der Waals surface area (Å²) >= 11 is 1.43. The zero-order valence-electron chi connectivity index (χ0n) is 14.7. The zero-order valence-corrected chi connectivity index (χ0v) is 15.6. The van der Waals surface area contributed by atoms with Crippen LogP contribution in [0.2, 0.25) is 0 Å². The molecule has 1 aliphatic heterocycles. The highest BCUT2D eigenvalue weighted by Gasteiger charge is 2.35. The van der Waals surface area contributed by atoms with Gasteiger partial charge in [0.2, 0.25) is 5.91 Å². The molecule has 4 nitrogen and oxygen atoms in total. The first-order valence-corrected chi connectivity index (χ1v) is 10.0. The molecule has 1 saturated carbocycles. The van der Waals surface area contributed by atoms with E-state index in [1.54, 1.807) is 0 Å². The highest BCUT2D eigenvalue weighted by molar-refractivity contribution is 7.12. The highest BCUT2D eigenvalue weighted by Crippen LogP contribution is 2.35. The second-order valence-corrected chi connectivity index (χ2v) is 8.44. The highest BCUT2D eigenvalue weighted by atomic mass is 32.1. The lowest BCUT2D eigenvalue weighted by atomic mass is 9.82. The number of aldehydes is 1. The lowest BCUT2D eigenvalue weighted by molar-refractivity contribution is -0.124. The molecule has 1 amide bonds. The van der Waals surface area contributed by atoms with E-state index in [1.807, 2.05) is 16.3 Å². The first kappa shape index (κ1) is 17.6. The summed E-state index contributed by atoms with van der Waals surface area (Å²) in [5.74, 6) is 1.11. The van der Waals surface area contributed by atoms with Crippen molar-refractivity contribution in [1.82, 2.24) is 4.90 Å². The average Bonchev–Trinajstić information content (AvgIpc) is 3.05. The number of carbonyl (C=O) groups is 2. The number of likely N-dealkylation sites (tertiary alicyclic amines) is 1. The van der Waals surface area contributed by atoms with Gasteiger partial charge in [-0.2, -0.15) is 0 Å². The Morgan fingerprint density at radius 2 is 1.88 bits per heavy atom. The van der Waals surface area contributed by atoms with Crippen LogP contribution in [-0.4, -0.2) is 43.3 Å². The summed E-state index contributed by atoms with van der Waals surface area (Å²) in [6, 6.07) is 2.18. The van der Waals surface area contributed by atoms with Gasteiger partial charge in [-0.1, -0.05) is 6.92 Å². The summed E-state index contributed by atoms with van der Waals surface area (Å²) in [6.07, 6.45) is 7.13. The van der Waals surface area contributed by atoms with Crippen LogP contribution >= 0.6 is 11.3 Å². The van der Waals surface area contributed by atoms with Gasteiger partial charge in [0.05, 0.1) is 10.6 Å². The van der Waals surface area contributed by atoms with Crippen molar-refractivity contribution in [2.45, 2.75) is 51.5 Å². The van der Waals surface area contributed by atoms with Crippen molar-refractivity contribution >= 4 is 29.2 Å². The van der Waals surface area contributed by atoms with Crippen molar-refractivity contribution in [3.8, 4) is 0 Å². The van der Waals surface area contributed by atoms with E-state index in [0.29, 0.717) is 4.88 Å². The molecule has 0 N–H and O–H groups in total. The largest absolute Gasteiger partial charge is 0.307 e. The van der Waals surface area contributed by atoms with Crippen LogP contribution in [0, 0.1) is 11.8 Å². The Kier molecular flexibility index (Phi) is 5.72. The lowest BCUT2D eigenvalue weighted by Crippen LogP contribution is -2.49. The molecule has 2 aliphatic rings. The van der Waals surface area contributed by atoms with Crippen LogP contribution in [0.1, 0.15) is 55.1 Å². The minimum Gasteiger partial charge on any atom is -0.307 e. The van der Waals surface area contributed by atoms with Crippen LogP contribution in [0.25, 0.3) is 0 Å². The van der Waals surface area contributed by atoms with Gasteiger partial charge in [-0.25, -0.2) is 0 Å². The number of rotatable bonds is 4. The maximum absolute atomic E-state index is 13.4. The minimum atomic E-state index is 0.125. The molecule has 1 aromatic rings. The molecular formula is C19H28N2O2S. The number of amides is 1. The molecule has 0 spiro atoms. The zero-order chi connectivity index (χ0) is 17.1. The Bertz CT molecular complexity index is 570. The van der Waals surface area contributed by atoms with E-state index in [9.17, 15) is 9.59 Å². The molecule has 2 fully saturated rings. The lowest BCUT2D eigenvalue weighted by Gasteiger charge is -2.39. The number of hydrogen-bond donors (Lipinski definition) is 0. The molecule has 1 aromatic heterocycles. The fourth-order valence-electron chi connectivity index (χ4n) is 4.05. The van der Waals surface area contributed by atoms with Crippen LogP contribution < -0.4 is 4.90 Å². The second kappa shape index (κ2) is 7.79. The molecule has 1 aliphatic carbocycles. The van der Waals surface area contributed by atoms with Crippen LogP contribution in [-0.2, 0) is 4.79 Å². The minimum absolute atomic E-state index is 0.125. The Labute approximate surface area is 148 Å². The fourth-order valence-corrected chi connectivity index (χ4v) is 4.74. The predicted molar refractivity (Wildman–Crippen MR) is 98.8 cm³/mol. The van der Waals surface area contributed by atoms with Crippen LogP contribution in [0.15, 0.2) is 11.4 Å². The van der Waals surface area contributed by atoms with Crippen molar-refractivity contribution < 1.29 is 9.59 Å². The molecule has 0 bridgehead atoms. The van der Waals surface area contributed by atoms with Gasteiger partial charge in [0.15, 0.2) is 6.29 Å². The smallest absolute Gasteiger partial charge is 0.230 e. The third-order valence-electron chi connectivity index (χ3n) is 5.70. The number of thiophene rings is 1. The molecule has 1 saturated heterocycles. The quantitative estimate of drug-likeness (QED) is 0.777. The summed E-state index contributed by atoms with van der Waals surface area (Å²) in [7, 11) is 2.13. The van der Waals surface area contributed by atoms with Crippen molar-refractivity contribution in [3.05, 3.63) is 16.3 Å². The third kappa shape index (κ3) is 3.72. The maximum Gasteiger partial charge on any atom is 0.230 e. The molecule has 0 atom stereocenters. The Morgan fingerprint density at radius 1 is 1.21 bits per heavy atom. The van der Waals surface area contributed by atoms with Gasteiger partial charge in [0.25, 0.3) is 0 Å². The predicted octanol–water partition coefficient (Wildman–Crippen LogP) is 3.81. The Hall–Kier alpha value is -1.20. The normalized spacial score (nSPS) is 26.2. The average molecular weight is 349 g/mol. The van der Waals surface area contributed by atoms with Gasteiger partial charge in [-0.05, 0) is 76.0 Å². The van der Waals surface area contributed by atoms with Crippen molar-refractivity contribution in [1.29, 1.82) is 0 Å². The number of anilines is 1. The van der Waals surface area contributed by atoms with E-state index in [4.69, 9.17) is 0 Å². The standard InChI is InChI=1S/C19H28N2O2S/c1-14-3-5-15(6-4-14)19(23)21(16-7-10-20(2)11-8-16)17-9-12-24-18(17)13-22/h9,12-16H,3-8,10-11H2,1-2H3/t14-,15-. The summed E-state index contributed by atoms with van der Waals surface area (Å²) in [4.78, 5) is 29.8. The topological polar surface area (TPSA) is 40.6 Å². The Morgan fingerprint density at radius 3 is 2.50 bits per heavy atom. The second-order valence-electron chi connectivity index (χ2n) is 7.49. The van der Waals surface area contributed by atoms with E-state index in [2.05, 4.69) is 18.9 Å². The van der Waals surface area contributed by atoms with Crippen molar-refractivity contribution in [2.75, 3.05) is 25.0 Å². The maximum atomic E-state index is 13.4. The van der Waals surface area contributed by atoms with Gasteiger partial charge >= 0.3 is 0 Å². The van der Waals surface area contributed by atoms with E-state index in [1.165, 1.54) is 11.3 Å². The number of piperidine rings is 1. The number of nitrogens with zero attached hydrogens (tertiary/aromatic N) is 2. The molecular weight excluding hydrogens is 320 g/mol. The Balaban J connectivity index is 1.84. The molecule has 0 unspecified atom stereocenters. The van der Waals surface area contributed by atoms with Gasteiger partial charge in [0.1, 0.15) is 0 Å². The van der Waals surface area contributed by atoms with E-state index in [0.717, 1.165) is 69.5 Å². The number of hydrogen-bond acceptors (Lipinski definition) is 4. The summed E-state index contributed by atoms with van der Waals surface area (Å²) in [5.41, 5.74) is 0.841. The monoisotopic (exact) mass is 348 g/mol. The summed E-state index contributed by atoms with van der Waals surface area (Å²) in [6.45, 7) is 4.30. The first-order valence-electron chi connectivity index (χ1n) is 9.14. The molecule has 0 radical (unpaired) electrons. The van der Waals surface area contributed by atoms with Gasteiger partial charge in [-0.3, -0.25) is 9.59 Å². The summed E-state index contributed by atoms with van der Waals surface area (Å²) < 4.78 is 0. The van der Waals surface area contributed by atoms with Crippen LogP contribution in [0.4, 0.5) is 5.69 Å². The SMILES string of the molecule is CN1CCC(N(c2ccsc2C=O)C(=O)[C@H]2CC[C@H](C)CC2)CC1. The van der Waals surface area contributed by atoms with E-state index in [-0.39, 0.29) is 17.9 Å². The van der Waals surface area contributed by atoms with Gasteiger partial charge in [-0.15, -0.1) is 11.3 Å². The fraction of sp³-hybridized carbons (Fsp3) is 0.684. The van der Waals surface area contributed by atoms with Crippen LogP contribution in [0.3, 0.4) is 0 Å². The van der Waals surface area contributed by atoms with Crippen molar-refractivity contribution in [2.24, 2.45) is 11.8 Å². The third-order valence-corrected chi connectivity index (χ3v) is 6.53. The van der Waals surface area contributed by atoms with Gasteiger partial charge in [0, 0.05) is 12.0 Å². The molecule has 3 rings (SSSR count). The summed E-state index contributed by atoms with van der Waals surface area (Å²) in [5, 5.41) is 1.93. The molecule has 5 heteroatoms. The van der Waals surface area contributed by atoms with Gasteiger partial charge < -0.3 is 9.80 Å². The molecule has 2 heterocycles. The number of carbonyl (C=O) groups excluding carboxylic acids is 2. The molecule has 24 heavy (non-hydrogen) atoms. The van der Waals surface area contributed by atoms with Crippen molar-refractivity contribution in [3.63, 3.8) is 0 Å². The first-order chi connectivity index (χ1) is 11.6. The molecule has 0 aromatic carbocycles. The molecule has 132 valence electrons.